The molecule has 2 aliphatic rings. The van der Waals surface area contributed by atoms with Gasteiger partial charge in [0, 0.05) is 39.1 Å². The van der Waals surface area contributed by atoms with Gasteiger partial charge in [0.15, 0.2) is 0 Å². The number of amides is 2. The lowest BCUT2D eigenvalue weighted by Gasteiger charge is -2.41. The van der Waals surface area contributed by atoms with E-state index in [1.54, 1.807) is 12.0 Å². The lowest BCUT2D eigenvalue weighted by molar-refractivity contribution is -0.141. The van der Waals surface area contributed by atoms with Gasteiger partial charge in [0.25, 0.3) is 0 Å². The number of ether oxygens (including phenoxy) is 2. The lowest BCUT2D eigenvalue weighted by Crippen LogP contribution is -2.57. The Morgan fingerprint density at radius 2 is 1.69 bits per heavy atom. The molecule has 0 bridgehead atoms. The van der Waals surface area contributed by atoms with Crippen LogP contribution in [0.5, 0.6) is 0 Å². The van der Waals surface area contributed by atoms with Crippen molar-refractivity contribution in [2.45, 2.75) is 37.6 Å². The van der Waals surface area contributed by atoms with Gasteiger partial charge >= 0.3 is 12.1 Å². The Bertz CT molecular complexity index is 1020. The quantitative estimate of drug-likeness (QED) is 0.476. The van der Waals surface area contributed by atoms with Gasteiger partial charge in [-0.25, -0.2) is 4.79 Å². The molecule has 8 heteroatoms. The molecule has 1 atom stereocenters. The van der Waals surface area contributed by atoms with Gasteiger partial charge in [-0.1, -0.05) is 48.5 Å². The number of nitrogens with one attached hydrogen (secondary N) is 1. The number of hydrogen-bond donors (Lipinski definition) is 2. The van der Waals surface area contributed by atoms with E-state index < -0.39 is 18.1 Å². The van der Waals surface area contributed by atoms with E-state index in [1.807, 2.05) is 24.3 Å². The van der Waals surface area contributed by atoms with E-state index in [0.717, 1.165) is 22.3 Å². The first-order valence-electron chi connectivity index (χ1n) is 12.1. The molecule has 186 valence electrons. The Morgan fingerprint density at radius 1 is 1.06 bits per heavy atom. The van der Waals surface area contributed by atoms with Gasteiger partial charge in [0.05, 0.1) is 0 Å². The Labute approximate surface area is 205 Å². The average Bonchev–Trinajstić information content (AvgIpc) is 3.14. The molecule has 1 aliphatic heterocycles. The van der Waals surface area contributed by atoms with E-state index in [-0.39, 0.29) is 30.8 Å². The summed E-state index contributed by atoms with van der Waals surface area (Å²) in [5.74, 6) is -0.865. The molecule has 1 heterocycles. The number of nitrogens with zero attached hydrogens (tertiary/aromatic N) is 1. The van der Waals surface area contributed by atoms with Crippen molar-refractivity contribution in [1.29, 1.82) is 0 Å². The third-order valence-corrected chi connectivity index (χ3v) is 6.81. The highest BCUT2D eigenvalue weighted by atomic mass is 16.5. The maximum absolute atomic E-state index is 13.0. The van der Waals surface area contributed by atoms with Crippen molar-refractivity contribution in [3.05, 3.63) is 59.7 Å². The second-order valence-electron chi connectivity index (χ2n) is 9.20. The number of methoxy groups -OCH3 is 1. The monoisotopic (exact) mass is 480 g/mol. The van der Waals surface area contributed by atoms with Crippen molar-refractivity contribution in [2.75, 3.05) is 33.4 Å². The molecule has 0 spiro atoms. The molecule has 0 saturated carbocycles. The SMILES string of the molecule is COCCCC(NC(=O)OCC1c2ccccc2-c2ccccc21)C(=O)N1CC(CCC(=O)O)C1. The second-order valence-corrected chi connectivity index (χ2v) is 9.20. The number of carbonyl (C=O) groups is 3. The maximum atomic E-state index is 13.0. The van der Waals surface area contributed by atoms with Gasteiger partial charge in [-0.05, 0) is 47.4 Å². The maximum Gasteiger partial charge on any atom is 0.407 e. The summed E-state index contributed by atoms with van der Waals surface area (Å²) >= 11 is 0. The standard InChI is InChI=1S/C27H32N2O6/c1-34-14-6-11-24(26(32)29-15-18(16-29)12-13-25(30)31)28-27(33)35-17-23-21-9-4-2-7-19(21)20-8-3-5-10-22(20)23/h2-5,7-10,18,23-24H,6,11-17H2,1H3,(H,28,33)(H,30,31). The summed E-state index contributed by atoms with van der Waals surface area (Å²) in [5, 5.41) is 11.6. The molecule has 1 saturated heterocycles. The minimum Gasteiger partial charge on any atom is -0.481 e. The van der Waals surface area contributed by atoms with Gasteiger partial charge in [-0.2, -0.15) is 0 Å². The first kappa shape index (κ1) is 24.7. The molecule has 0 radical (unpaired) electrons. The summed E-state index contributed by atoms with van der Waals surface area (Å²) in [6, 6.07) is 15.5. The summed E-state index contributed by atoms with van der Waals surface area (Å²) in [6.07, 6.45) is 1.08. The number of hydrogen-bond acceptors (Lipinski definition) is 5. The zero-order valence-electron chi connectivity index (χ0n) is 19.9. The van der Waals surface area contributed by atoms with Crippen molar-refractivity contribution in [3.63, 3.8) is 0 Å². The first-order chi connectivity index (χ1) is 17.0. The minimum atomic E-state index is -0.829. The van der Waals surface area contributed by atoms with Gasteiger partial charge in [-0.3, -0.25) is 9.59 Å². The van der Waals surface area contributed by atoms with Crippen LogP contribution in [0.25, 0.3) is 11.1 Å². The fourth-order valence-electron chi connectivity index (χ4n) is 4.95. The molecule has 2 amide bonds. The minimum absolute atomic E-state index is 0.0545. The van der Waals surface area contributed by atoms with Crippen molar-refractivity contribution < 1.29 is 29.0 Å². The summed E-state index contributed by atoms with van der Waals surface area (Å²) in [6.45, 7) is 1.69. The molecule has 35 heavy (non-hydrogen) atoms. The van der Waals surface area contributed by atoms with E-state index in [9.17, 15) is 14.4 Å². The molecular weight excluding hydrogens is 448 g/mol. The van der Waals surface area contributed by atoms with Crippen LogP contribution in [0.4, 0.5) is 4.79 Å². The predicted octanol–water partition coefficient (Wildman–Crippen LogP) is 3.64. The van der Waals surface area contributed by atoms with Crippen LogP contribution in [0.2, 0.25) is 0 Å². The number of carbonyl (C=O) groups excluding carboxylic acids is 2. The number of benzene rings is 2. The van der Waals surface area contributed by atoms with Crippen LogP contribution < -0.4 is 5.32 Å². The molecule has 2 N–H and O–H groups in total. The molecule has 8 nitrogen and oxygen atoms in total. The van der Waals surface area contributed by atoms with E-state index in [1.165, 1.54) is 0 Å². The van der Waals surface area contributed by atoms with Crippen LogP contribution >= 0.6 is 0 Å². The second kappa shape index (κ2) is 11.4. The Morgan fingerprint density at radius 3 is 2.29 bits per heavy atom. The molecule has 1 aliphatic carbocycles. The fourth-order valence-corrected chi connectivity index (χ4v) is 4.95. The average molecular weight is 481 g/mol. The van der Waals surface area contributed by atoms with E-state index in [0.29, 0.717) is 39.0 Å². The van der Waals surface area contributed by atoms with Crippen LogP contribution in [-0.2, 0) is 19.1 Å². The zero-order valence-corrected chi connectivity index (χ0v) is 19.9. The van der Waals surface area contributed by atoms with Crippen molar-refractivity contribution in [2.24, 2.45) is 5.92 Å². The van der Waals surface area contributed by atoms with Crippen LogP contribution in [0.1, 0.15) is 42.7 Å². The normalized spacial score (nSPS) is 15.6. The van der Waals surface area contributed by atoms with Gasteiger partial charge in [-0.15, -0.1) is 0 Å². The largest absolute Gasteiger partial charge is 0.481 e. The molecular formula is C27H32N2O6. The molecule has 1 unspecified atom stereocenters. The van der Waals surface area contributed by atoms with E-state index in [2.05, 4.69) is 29.6 Å². The summed E-state index contributed by atoms with van der Waals surface area (Å²) in [7, 11) is 1.60. The lowest BCUT2D eigenvalue weighted by atomic mass is 9.93. The number of alkyl carbamates (subject to hydrolysis) is 1. The first-order valence-corrected chi connectivity index (χ1v) is 12.1. The number of aliphatic carboxylic acids is 1. The third kappa shape index (κ3) is 5.82. The number of carboxylic acid groups (broad SMARTS) is 1. The fraction of sp³-hybridized carbons (Fsp3) is 0.444. The predicted molar refractivity (Wildman–Crippen MR) is 130 cm³/mol. The number of rotatable bonds is 11. The Hall–Kier alpha value is -3.39. The number of likely N-dealkylation sites (tertiary alicyclic amines) is 1. The van der Waals surface area contributed by atoms with Gasteiger partial charge < -0.3 is 24.8 Å². The van der Waals surface area contributed by atoms with Gasteiger partial charge in [0.1, 0.15) is 12.6 Å². The van der Waals surface area contributed by atoms with E-state index in [4.69, 9.17) is 14.6 Å². The van der Waals surface area contributed by atoms with E-state index >= 15 is 0 Å². The number of fused-ring (bicyclic) bond motifs is 3. The molecule has 2 aromatic rings. The zero-order chi connectivity index (χ0) is 24.8. The van der Waals surface area contributed by atoms with Gasteiger partial charge in [0.2, 0.25) is 5.91 Å². The third-order valence-electron chi connectivity index (χ3n) is 6.81. The Kier molecular flexibility index (Phi) is 8.02. The highest BCUT2D eigenvalue weighted by Gasteiger charge is 2.35. The molecule has 2 aromatic carbocycles. The summed E-state index contributed by atoms with van der Waals surface area (Å²) in [5.41, 5.74) is 4.56. The topological polar surface area (TPSA) is 105 Å². The highest BCUT2D eigenvalue weighted by molar-refractivity contribution is 5.86. The van der Waals surface area contributed by atoms with Crippen LogP contribution in [0, 0.1) is 5.92 Å². The number of carboxylic acids is 1. The van der Waals surface area contributed by atoms with Crippen LogP contribution in [-0.4, -0.2) is 67.4 Å². The summed E-state index contributed by atoms with van der Waals surface area (Å²) in [4.78, 5) is 38.2. The molecule has 1 fully saturated rings. The highest BCUT2D eigenvalue weighted by Crippen LogP contribution is 2.44. The Balaban J connectivity index is 1.34. The smallest absolute Gasteiger partial charge is 0.407 e. The molecule has 0 aromatic heterocycles. The summed E-state index contributed by atoms with van der Waals surface area (Å²) < 4.78 is 10.7. The van der Waals surface area contributed by atoms with Crippen LogP contribution in [0.15, 0.2) is 48.5 Å². The van der Waals surface area contributed by atoms with Crippen LogP contribution in [0.3, 0.4) is 0 Å². The van der Waals surface area contributed by atoms with Crippen molar-refractivity contribution >= 4 is 18.0 Å². The van der Waals surface area contributed by atoms with Crippen molar-refractivity contribution in [3.8, 4) is 11.1 Å². The van der Waals surface area contributed by atoms with Crippen molar-refractivity contribution in [1.82, 2.24) is 10.2 Å². The molecule has 4 rings (SSSR count).